The normalized spacial score (nSPS) is 21.3. The Bertz CT molecular complexity index is 497. The van der Waals surface area contributed by atoms with Crippen molar-refractivity contribution >= 4 is 11.3 Å². The van der Waals surface area contributed by atoms with E-state index < -0.39 is 0 Å². The molecule has 2 aromatic rings. The zero-order chi connectivity index (χ0) is 12.4. The predicted molar refractivity (Wildman–Crippen MR) is 68.3 cm³/mol. The van der Waals surface area contributed by atoms with Gasteiger partial charge in [-0.25, -0.2) is 0 Å². The van der Waals surface area contributed by atoms with Crippen LogP contribution >= 0.6 is 11.3 Å². The molecule has 0 N–H and O–H groups in total. The van der Waals surface area contributed by atoms with E-state index in [2.05, 4.69) is 22.0 Å². The summed E-state index contributed by atoms with van der Waals surface area (Å²) in [5.41, 5.74) is 0. The molecule has 0 spiro atoms. The third kappa shape index (κ3) is 2.60. The summed E-state index contributed by atoms with van der Waals surface area (Å²) >= 11 is 1.62. The topological polar surface area (TPSA) is 51.4 Å². The molecule has 0 unspecified atom stereocenters. The van der Waals surface area contributed by atoms with E-state index in [9.17, 15) is 0 Å². The van der Waals surface area contributed by atoms with Gasteiger partial charge in [0.25, 0.3) is 0 Å². The first-order chi connectivity index (χ1) is 8.81. The van der Waals surface area contributed by atoms with Gasteiger partial charge >= 0.3 is 0 Å². The standard InChI is InChI=1S/C12H15N3O2S/c1-9-7-15(4-5-16-9)8-11-13-12(14-17-11)10-3-2-6-18-10/h2-3,6,9H,4-5,7-8H2,1H3/t9-/m0/s1. The van der Waals surface area contributed by atoms with Crippen LogP contribution in [0.25, 0.3) is 10.7 Å². The zero-order valence-corrected chi connectivity index (χ0v) is 11.0. The third-order valence-corrected chi connectivity index (χ3v) is 3.76. The third-order valence-electron chi connectivity index (χ3n) is 2.89. The first-order valence-electron chi connectivity index (χ1n) is 6.01. The van der Waals surface area contributed by atoms with Crippen LogP contribution in [0.4, 0.5) is 0 Å². The minimum atomic E-state index is 0.276. The second kappa shape index (κ2) is 5.17. The number of hydrogen-bond acceptors (Lipinski definition) is 6. The molecule has 96 valence electrons. The number of rotatable bonds is 3. The van der Waals surface area contributed by atoms with Crippen LogP contribution in [-0.2, 0) is 11.3 Å². The fourth-order valence-corrected chi connectivity index (χ4v) is 2.70. The van der Waals surface area contributed by atoms with Crippen LogP contribution in [0.15, 0.2) is 22.0 Å². The van der Waals surface area contributed by atoms with Gasteiger partial charge < -0.3 is 9.26 Å². The Kier molecular flexibility index (Phi) is 3.40. The highest BCUT2D eigenvalue weighted by Gasteiger charge is 2.19. The van der Waals surface area contributed by atoms with Gasteiger partial charge in [0.15, 0.2) is 0 Å². The van der Waals surface area contributed by atoms with E-state index >= 15 is 0 Å². The van der Waals surface area contributed by atoms with E-state index in [0.717, 1.165) is 24.6 Å². The lowest BCUT2D eigenvalue weighted by Gasteiger charge is -2.29. The summed E-state index contributed by atoms with van der Waals surface area (Å²) in [5, 5.41) is 6.02. The van der Waals surface area contributed by atoms with Crippen molar-refractivity contribution in [2.45, 2.75) is 19.6 Å². The maximum absolute atomic E-state index is 5.50. The molecule has 1 fully saturated rings. The van der Waals surface area contributed by atoms with Crippen molar-refractivity contribution in [3.05, 3.63) is 23.4 Å². The highest BCUT2D eigenvalue weighted by molar-refractivity contribution is 7.13. The second-order valence-corrected chi connectivity index (χ2v) is 5.35. The summed E-state index contributed by atoms with van der Waals surface area (Å²) in [6, 6.07) is 3.98. The molecule has 18 heavy (non-hydrogen) atoms. The smallest absolute Gasteiger partial charge is 0.241 e. The molecule has 0 bridgehead atoms. The van der Waals surface area contributed by atoms with Gasteiger partial charge in [0, 0.05) is 13.1 Å². The van der Waals surface area contributed by atoms with Crippen LogP contribution in [0.2, 0.25) is 0 Å². The number of aromatic nitrogens is 2. The summed E-state index contributed by atoms with van der Waals surface area (Å²) in [7, 11) is 0. The lowest BCUT2D eigenvalue weighted by Crippen LogP contribution is -2.40. The molecule has 1 saturated heterocycles. The summed E-state index contributed by atoms with van der Waals surface area (Å²) in [6.45, 7) is 5.38. The van der Waals surface area contributed by atoms with Gasteiger partial charge in [-0.2, -0.15) is 4.98 Å². The Morgan fingerprint density at radius 2 is 2.50 bits per heavy atom. The molecule has 3 heterocycles. The van der Waals surface area contributed by atoms with Crippen LogP contribution in [0, 0.1) is 0 Å². The van der Waals surface area contributed by atoms with Crippen LogP contribution in [0.1, 0.15) is 12.8 Å². The lowest BCUT2D eigenvalue weighted by molar-refractivity contribution is -0.0240. The molecule has 2 aromatic heterocycles. The molecule has 0 amide bonds. The minimum absolute atomic E-state index is 0.276. The number of ether oxygens (including phenoxy) is 1. The van der Waals surface area contributed by atoms with E-state index in [1.807, 2.05) is 17.5 Å². The van der Waals surface area contributed by atoms with E-state index in [1.165, 1.54) is 0 Å². The molecule has 0 aromatic carbocycles. The first kappa shape index (κ1) is 11.8. The largest absolute Gasteiger partial charge is 0.376 e. The summed E-state index contributed by atoms with van der Waals surface area (Å²) in [6.07, 6.45) is 0.276. The van der Waals surface area contributed by atoms with Crippen molar-refractivity contribution in [3.8, 4) is 10.7 Å². The molecule has 6 heteroatoms. The summed E-state index contributed by atoms with van der Waals surface area (Å²) in [4.78, 5) is 7.74. The van der Waals surface area contributed by atoms with Crippen molar-refractivity contribution in [2.24, 2.45) is 0 Å². The maximum atomic E-state index is 5.50. The van der Waals surface area contributed by atoms with Crippen LogP contribution in [0.3, 0.4) is 0 Å². The van der Waals surface area contributed by atoms with Gasteiger partial charge in [-0.15, -0.1) is 11.3 Å². The fraction of sp³-hybridized carbons (Fsp3) is 0.500. The van der Waals surface area contributed by atoms with Gasteiger partial charge in [0.05, 0.1) is 24.1 Å². The molecule has 0 radical (unpaired) electrons. The molecule has 0 saturated carbocycles. The average Bonchev–Trinajstić information content (AvgIpc) is 2.98. The number of hydrogen-bond donors (Lipinski definition) is 0. The van der Waals surface area contributed by atoms with Crippen molar-refractivity contribution in [3.63, 3.8) is 0 Å². The molecule has 0 aliphatic carbocycles. The van der Waals surface area contributed by atoms with Crippen molar-refractivity contribution in [2.75, 3.05) is 19.7 Å². The number of morpholine rings is 1. The first-order valence-corrected chi connectivity index (χ1v) is 6.89. The number of thiophene rings is 1. The fourth-order valence-electron chi connectivity index (χ4n) is 2.05. The SMILES string of the molecule is C[C@H]1CN(Cc2nc(-c3cccs3)no2)CCO1. The maximum Gasteiger partial charge on any atom is 0.241 e. The molecule has 1 atom stereocenters. The van der Waals surface area contributed by atoms with Crippen LogP contribution in [-0.4, -0.2) is 40.8 Å². The minimum Gasteiger partial charge on any atom is -0.376 e. The molecule has 1 aliphatic heterocycles. The Morgan fingerprint density at radius 1 is 1.56 bits per heavy atom. The highest BCUT2D eigenvalue weighted by Crippen LogP contribution is 2.21. The lowest BCUT2D eigenvalue weighted by atomic mass is 10.3. The highest BCUT2D eigenvalue weighted by atomic mass is 32.1. The van der Waals surface area contributed by atoms with Crippen molar-refractivity contribution < 1.29 is 9.26 Å². The predicted octanol–water partition coefficient (Wildman–Crippen LogP) is 2.02. The molecular weight excluding hydrogens is 250 g/mol. The summed E-state index contributed by atoms with van der Waals surface area (Å²) < 4.78 is 10.8. The van der Waals surface area contributed by atoms with E-state index in [-0.39, 0.29) is 6.10 Å². The summed E-state index contributed by atoms with van der Waals surface area (Å²) in [5.74, 6) is 1.36. The zero-order valence-electron chi connectivity index (χ0n) is 10.2. The van der Waals surface area contributed by atoms with Crippen LogP contribution < -0.4 is 0 Å². The molecular formula is C12H15N3O2S. The molecule has 3 rings (SSSR count). The van der Waals surface area contributed by atoms with E-state index in [4.69, 9.17) is 9.26 Å². The van der Waals surface area contributed by atoms with Gasteiger partial charge in [-0.1, -0.05) is 11.2 Å². The average molecular weight is 265 g/mol. The van der Waals surface area contributed by atoms with Crippen molar-refractivity contribution in [1.82, 2.24) is 15.0 Å². The molecule has 5 nitrogen and oxygen atoms in total. The monoisotopic (exact) mass is 265 g/mol. The Balaban J connectivity index is 1.66. The van der Waals surface area contributed by atoms with Gasteiger partial charge in [0.2, 0.25) is 11.7 Å². The van der Waals surface area contributed by atoms with Gasteiger partial charge in [0.1, 0.15) is 0 Å². The molecule has 1 aliphatic rings. The van der Waals surface area contributed by atoms with E-state index in [0.29, 0.717) is 18.3 Å². The Hall–Kier alpha value is -1.24. The van der Waals surface area contributed by atoms with Crippen LogP contribution in [0.5, 0.6) is 0 Å². The Morgan fingerprint density at radius 3 is 3.28 bits per heavy atom. The van der Waals surface area contributed by atoms with Crippen molar-refractivity contribution in [1.29, 1.82) is 0 Å². The quantitative estimate of drug-likeness (QED) is 0.849. The van der Waals surface area contributed by atoms with E-state index in [1.54, 1.807) is 11.3 Å². The Labute approximate surface area is 109 Å². The second-order valence-electron chi connectivity index (χ2n) is 4.41. The van der Waals surface area contributed by atoms with Gasteiger partial charge in [-0.3, -0.25) is 4.90 Å². The number of nitrogens with zero attached hydrogens (tertiary/aromatic N) is 3. The van der Waals surface area contributed by atoms with Gasteiger partial charge in [-0.05, 0) is 18.4 Å².